The van der Waals surface area contributed by atoms with Crippen LogP contribution in [0.1, 0.15) is 21.5 Å². The van der Waals surface area contributed by atoms with Gasteiger partial charge in [0.25, 0.3) is 5.91 Å². The molecule has 0 atom stereocenters. The molecule has 0 aliphatic carbocycles. The van der Waals surface area contributed by atoms with E-state index in [2.05, 4.69) is 5.32 Å². The smallest absolute Gasteiger partial charge is 0.255 e. The van der Waals surface area contributed by atoms with E-state index >= 15 is 0 Å². The highest BCUT2D eigenvalue weighted by atomic mass is 16.5. The van der Waals surface area contributed by atoms with E-state index in [1.165, 1.54) is 0 Å². The van der Waals surface area contributed by atoms with Crippen molar-refractivity contribution in [3.05, 3.63) is 108 Å². The number of aromatic nitrogens is 2. The number of nitrogens with one attached hydrogen (secondary N) is 1. The summed E-state index contributed by atoms with van der Waals surface area (Å²) in [5, 5.41) is 7.73. The largest absolute Gasteiger partial charge is 0.497 e. The summed E-state index contributed by atoms with van der Waals surface area (Å²) in [4.78, 5) is 13.0. The molecular weight excluding hydrogens is 374 g/mol. The van der Waals surface area contributed by atoms with Gasteiger partial charge in [0.15, 0.2) is 0 Å². The summed E-state index contributed by atoms with van der Waals surface area (Å²) in [5.41, 5.74) is 4.24. The molecule has 1 N–H and O–H groups in total. The van der Waals surface area contributed by atoms with Crippen LogP contribution in [0.15, 0.2) is 91.1 Å². The Balaban J connectivity index is 1.62. The van der Waals surface area contributed by atoms with Crippen LogP contribution in [-0.2, 0) is 13.1 Å². The molecule has 1 aromatic heterocycles. The summed E-state index contributed by atoms with van der Waals surface area (Å²) in [5.74, 6) is 0.613. The molecule has 0 fully saturated rings. The second kappa shape index (κ2) is 9.09. The predicted octanol–water partition coefficient (Wildman–Crippen LogP) is 4.54. The van der Waals surface area contributed by atoms with E-state index in [-0.39, 0.29) is 5.91 Å². The second-order valence-corrected chi connectivity index (χ2v) is 6.97. The van der Waals surface area contributed by atoms with Gasteiger partial charge in [0.05, 0.1) is 19.2 Å². The minimum Gasteiger partial charge on any atom is -0.497 e. The van der Waals surface area contributed by atoms with Crippen molar-refractivity contribution in [2.75, 3.05) is 7.11 Å². The molecule has 0 radical (unpaired) electrons. The molecule has 0 aliphatic heterocycles. The number of methoxy groups -OCH3 is 1. The maximum atomic E-state index is 13.0. The van der Waals surface area contributed by atoms with Gasteiger partial charge in [-0.2, -0.15) is 5.10 Å². The van der Waals surface area contributed by atoms with Gasteiger partial charge in [-0.1, -0.05) is 60.7 Å². The molecule has 0 saturated carbocycles. The van der Waals surface area contributed by atoms with E-state index in [1.807, 2.05) is 95.8 Å². The molecule has 0 saturated heterocycles. The average molecular weight is 397 g/mol. The summed E-state index contributed by atoms with van der Waals surface area (Å²) in [6.45, 7) is 1.06. The Kier molecular flexibility index (Phi) is 5.90. The van der Waals surface area contributed by atoms with Crippen LogP contribution in [0.25, 0.3) is 11.3 Å². The first kappa shape index (κ1) is 19.5. The Bertz CT molecular complexity index is 1100. The number of carbonyl (C=O) groups is 1. The first-order valence-corrected chi connectivity index (χ1v) is 9.81. The molecule has 0 unspecified atom stereocenters. The Morgan fingerprint density at radius 3 is 2.17 bits per heavy atom. The molecule has 1 amide bonds. The van der Waals surface area contributed by atoms with Crippen LogP contribution in [0.5, 0.6) is 5.75 Å². The zero-order valence-electron chi connectivity index (χ0n) is 16.8. The van der Waals surface area contributed by atoms with Crippen LogP contribution < -0.4 is 10.1 Å². The van der Waals surface area contributed by atoms with Gasteiger partial charge in [-0.3, -0.25) is 9.48 Å². The number of hydrogen-bond donors (Lipinski definition) is 1. The van der Waals surface area contributed by atoms with Crippen LogP contribution >= 0.6 is 0 Å². The fraction of sp³-hybridized carbons (Fsp3) is 0.120. The predicted molar refractivity (Wildman–Crippen MR) is 117 cm³/mol. The van der Waals surface area contributed by atoms with Crippen molar-refractivity contribution in [3.8, 4) is 17.0 Å². The monoisotopic (exact) mass is 397 g/mol. The van der Waals surface area contributed by atoms with Crippen LogP contribution in [0, 0.1) is 0 Å². The molecule has 0 spiro atoms. The minimum atomic E-state index is -0.149. The number of hydrogen-bond acceptors (Lipinski definition) is 3. The molecule has 0 bridgehead atoms. The van der Waals surface area contributed by atoms with E-state index in [4.69, 9.17) is 9.84 Å². The molecule has 4 rings (SSSR count). The minimum absolute atomic E-state index is 0.149. The first-order chi connectivity index (χ1) is 14.7. The maximum absolute atomic E-state index is 13.0. The third kappa shape index (κ3) is 4.58. The topological polar surface area (TPSA) is 56.2 Å². The third-order valence-electron chi connectivity index (χ3n) is 4.85. The number of amides is 1. The van der Waals surface area contributed by atoms with Crippen LogP contribution in [-0.4, -0.2) is 22.8 Å². The number of nitrogens with zero attached hydrogens (tertiary/aromatic N) is 2. The van der Waals surface area contributed by atoms with E-state index in [0.29, 0.717) is 24.3 Å². The Labute approximate surface area is 175 Å². The van der Waals surface area contributed by atoms with Gasteiger partial charge in [-0.05, 0) is 35.4 Å². The zero-order valence-corrected chi connectivity index (χ0v) is 16.8. The van der Waals surface area contributed by atoms with Crippen molar-refractivity contribution in [1.82, 2.24) is 15.1 Å². The summed E-state index contributed by atoms with van der Waals surface area (Å²) >= 11 is 0. The lowest BCUT2D eigenvalue weighted by Gasteiger charge is -2.06. The van der Waals surface area contributed by atoms with Crippen LogP contribution in [0.3, 0.4) is 0 Å². The normalized spacial score (nSPS) is 10.6. The fourth-order valence-electron chi connectivity index (χ4n) is 3.27. The quantitative estimate of drug-likeness (QED) is 0.498. The van der Waals surface area contributed by atoms with Crippen LogP contribution in [0.4, 0.5) is 0 Å². The van der Waals surface area contributed by atoms with E-state index in [9.17, 15) is 4.79 Å². The van der Waals surface area contributed by atoms with E-state index in [0.717, 1.165) is 22.4 Å². The molecular formula is C25H23N3O2. The van der Waals surface area contributed by atoms with Gasteiger partial charge < -0.3 is 10.1 Å². The lowest BCUT2D eigenvalue weighted by molar-refractivity contribution is 0.0951. The molecule has 5 heteroatoms. The molecule has 0 aliphatic rings. The van der Waals surface area contributed by atoms with Gasteiger partial charge in [0.2, 0.25) is 0 Å². The fourth-order valence-corrected chi connectivity index (χ4v) is 3.27. The molecule has 5 nitrogen and oxygen atoms in total. The highest BCUT2D eigenvalue weighted by Crippen LogP contribution is 2.25. The van der Waals surface area contributed by atoms with E-state index < -0.39 is 0 Å². The molecule has 150 valence electrons. The maximum Gasteiger partial charge on any atom is 0.255 e. The highest BCUT2D eigenvalue weighted by Gasteiger charge is 2.18. The Morgan fingerprint density at radius 2 is 1.53 bits per heavy atom. The van der Waals surface area contributed by atoms with Crippen molar-refractivity contribution < 1.29 is 9.53 Å². The summed E-state index contributed by atoms with van der Waals surface area (Å²) in [6, 6.07) is 27.5. The lowest BCUT2D eigenvalue weighted by atomic mass is 10.1. The van der Waals surface area contributed by atoms with Crippen molar-refractivity contribution >= 4 is 5.91 Å². The van der Waals surface area contributed by atoms with Crippen LogP contribution in [0.2, 0.25) is 0 Å². The van der Waals surface area contributed by atoms with Gasteiger partial charge in [0.1, 0.15) is 11.4 Å². The summed E-state index contributed by atoms with van der Waals surface area (Å²) in [7, 11) is 1.63. The number of ether oxygens (including phenoxy) is 1. The average Bonchev–Trinajstić information content (AvgIpc) is 3.22. The lowest BCUT2D eigenvalue weighted by Crippen LogP contribution is -2.23. The second-order valence-electron chi connectivity index (χ2n) is 6.97. The third-order valence-corrected chi connectivity index (χ3v) is 4.85. The number of benzene rings is 3. The molecule has 3 aromatic carbocycles. The number of rotatable bonds is 7. The standard InChI is InChI=1S/C25H23N3O2/c1-30-22-14-12-21(13-15-22)24-23(25(29)26-16-19-8-4-2-5-9-19)18-28(27-24)17-20-10-6-3-7-11-20/h2-15,18H,16-17H2,1H3,(H,26,29). The van der Waals surface area contributed by atoms with Crippen molar-refractivity contribution in [1.29, 1.82) is 0 Å². The van der Waals surface area contributed by atoms with Crippen molar-refractivity contribution in [3.63, 3.8) is 0 Å². The van der Waals surface area contributed by atoms with Gasteiger partial charge in [-0.25, -0.2) is 0 Å². The number of carbonyl (C=O) groups excluding carboxylic acids is 1. The molecule has 4 aromatic rings. The van der Waals surface area contributed by atoms with E-state index in [1.54, 1.807) is 7.11 Å². The Morgan fingerprint density at radius 1 is 0.900 bits per heavy atom. The van der Waals surface area contributed by atoms with Crippen molar-refractivity contribution in [2.45, 2.75) is 13.1 Å². The Hall–Kier alpha value is -3.86. The van der Waals surface area contributed by atoms with Crippen molar-refractivity contribution in [2.24, 2.45) is 0 Å². The summed E-state index contributed by atoms with van der Waals surface area (Å²) < 4.78 is 7.06. The SMILES string of the molecule is COc1ccc(-c2nn(Cc3ccccc3)cc2C(=O)NCc2ccccc2)cc1. The molecule has 30 heavy (non-hydrogen) atoms. The van der Waals surface area contributed by atoms with Gasteiger partial charge in [-0.15, -0.1) is 0 Å². The first-order valence-electron chi connectivity index (χ1n) is 9.81. The van der Waals surface area contributed by atoms with Gasteiger partial charge in [0, 0.05) is 18.3 Å². The summed E-state index contributed by atoms with van der Waals surface area (Å²) in [6.07, 6.45) is 1.81. The highest BCUT2D eigenvalue weighted by molar-refractivity contribution is 5.99. The zero-order chi connectivity index (χ0) is 20.8. The van der Waals surface area contributed by atoms with Gasteiger partial charge >= 0.3 is 0 Å². The molecule has 1 heterocycles.